The molecule has 0 spiro atoms. The molecule has 0 aromatic heterocycles. The van der Waals surface area contributed by atoms with Crippen LogP contribution in [0.5, 0.6) is 0 Å². The van der Waals surface area contributed by atoms with Gasteiger partial charge in [0, 0.05) is 5.54 Å². The maximum absolute atomic E-state index is 7.42. The van der Waals surface area contributed by atoms with Crippen molar-refractivity contribution < 1.29 is 0 Å². The minimum atomic E-state index is -0.380. The van der Waals surface area contributed by atoms with Gasteiger partial charge < -0.3 is 0 Å². The van der Waals surface area contributed by atoms with Gasteiger partial charge in [0.1, 0.15) is 0 Å². The van der Waals surface area contributed by atoms with Crippen LogP contribution < -0.4 is 5.73 Å². The zero-order valence-electron chi connectivity index (χ0n) is 6.57. The van der Waals surface area contributed by atoms with Gasteiger partial charge in [-0.3, -0.25) is 0 Å². The molecule has 0 aliphatic rings. The van der Waals surface area contributed by atoms with E-state index in [9.17, 15) is 0 Å². The Morgan fingerprint density at radius 1 is 1.44 bits per heavy atom. The zero-order chi connectivity index (χ0) is 7.33. The summed E-state index contributed by atoms with van der Waals surface area (Å²) in [5, 5.41) is 0. The summed E-state index contributed by atoms with van der Waals surface area (Å²) in [5.41, 5.74) is 7.04. The highest BCUT2D eigenvalue weighted by Crippen LogP contribution is 2.02. The van der Waals surface area contributed by atoms with E-state index < -0.39 is 0 Å². The van der Waals surface area contributed by atoms with Crippen molar-refractivity contribution in [3.8, 4) is 0 Å². The van der Waals surface area contributed by atoms with Crippen LogP contribution in [0.4, 0.5) is 0 Å². The van der Waals surface area contributed by atoms with E-state index in [4.69, 9.17) is 5.73 Å². The van der Waals surface area contributed by atoms with Crippen molar-refractivity contribution in [3.05, 3.63) is 12.2 Å². The lowest BCUT2D eigenvalue weighted by Gasteiger charge is -2.09. The Morgan fingerprint density at radius 2 is 2.00 bits per heavy atom. The summed E-state index contributed by atoms with van der Waals surface area (Å²) in [6.07, 6.45) is 6.29. The van der Waals surface area contributed by atoms with Crippen molar-refractivity contribution >= 4 is 0 Å². The lowest BCUT2D eigenvalue weighted by atomic mass is 10.1. The Bertz CT molecular complexity index is 87.2. The normalized spacial score (nSPS) is 12.9. The topological polar surface area (TPSA) is 23.8 Å². The number of unbranched alkanes of at least 4 members (excludes halogenated alkanes) is 1. The molecule has 0 fully saturated rings. The molecule has 0 aliphatic carbocycles. The quantitative estimate of drug-likeness (QED) is 0.518. The molecule has 0 bridgehead atoms. The first-order valence-electron chi connectivity index (χ1n) is 3.49. The third-order valence-electron chi connectivity index (χ3n) is 0.990. The predicted octanol–water partition coefficient (Wildman–Crippen LogP) is 2.40. The lowest BCUT2D eigenvalue weighted by molar-refractivity contribution is 0.626. The number of rotatable bonds is 3. The molecule has 0 aliphatic heterocycles. The Balaban J connectivity index is 3.45. The van der Waals surface area contributed by atoms with Gasteiger partial charge in [0.15, 0.2) is 0 Å². The standard InChI is InChI=1S/C8H16N/c1-4-5-6-7-8(2,3)9/h6-7,9H,4-5H2,1-3H3. The number of nitrogens with one attached hydrogen (secondary N) is 1. The largest absolute Gasteiger partial charge is 0.248 e. The fraction of sp³-hybridized carbons (Fsp3) is 0.750. The third-order valence-corrected chi connectivity index (χ3v) is 0.990. The van der Waals surface area contributed by atoms with Crippen LogP contribution in [-0.4, -0.2) is 5.54 Å². The van der Waals surface area contributed by atoms with E-state index in [1.807, 2.05) is 19.9 Å². The fourth-order valence-electron chi connectivity index (χ4n) is 0.545. The van der Waals surface area contributed by atoms with Gasteiger partial charge in [-0.05, 0) is 20.3 Å². The lowest BCUT2D eigenvalue weighted by Crippen LogP contribution is -2.16. The minimum Gasteiger partial charge on any atom is -0.248 e. The molecule has 0 saturated carbocycles. The second-order valence-electron chi connectivity index (χ2n) is 2.91. The van der Waals surface area contributed by atoms with E-state index in [0.717, 1.165) is 6.42 Å². The average molecular weight is 126 g/mol. The van der Waals surface area contributed by atoms with Crippen molar-refractivity contribution in [2.24, 2.45) is 0 Å². The summed E-state index contributed by atoms with van der Waals surface area (Å²) >= 11 is 0. The molecule has 0 aromatic rings. The highest BCUT2D eigenvalue weighted by Gasteiger charge is 2.03. The van der Waals surface area contributed by atoms with Gasteiger partial charge >= 0.3 is 0 Å². The first-order chi connectivity index (χ1) is 4.06. The molecule has 1 radical (unpaired) electrons. The highest BCUT2D eigenvalue weighted by atomic mass is 14.7. The van der Waals surface area contributed by atoms with Gasteiger partial charge in [-0.25, -0.2) is 5.73 Å². The predicted molar refractivity (Wildman–Crippen MR) is 41.2 cm³/mol. The smallest absolute Gasteiger partial charge is 0.0446 e. The molecule has 0 rings (SSSR count). The molecule has 9 heavy (non-hydrogen) atoms. The molecule has 0 saturated heterocycles. The third kappa shape index (κ3) is 7.70. The molecule has 0 heterocycles. The molecule has 0 aromatic carbocycles. The Labute approximate surface area is 57.9 Å². The summed E-state index contributed by atoms with van der Waals surface area (Å²) < 4.78 is 0. The fourth-order valence-corrected chi connectivity index (χ4v) is 0.545. The maximum Gasteiger partial charge on any atom is 0.0446 e. The van der Waals surface area contributed by atoms with Crippen LogP contribution in [0.15, 0.2) is 12.2 Å². The van der Waals surface area contributed by atoms with E-state index in [1.165, 1.54) is 6.42 Å². The van der Waals surface area contributed by atoms with Crippen molar-refractivity contribution in [1.29, 1.82) is 0 Å². The van der Waals surface area contributed by atoms with E-state index in [0.29, 0.717) is 0 Å². The number of hydrogen-bond donors (Lipinski definition) is 0. The monoisotopic (exact) mass is 126 g/mol. The first-order valence-corrected chi connectivity index (χ1v) is 3.49. The maximum atomic E-state index is 7.42. The van der Waals surface area contributed by atoms with Crippen LogP contribution in [0, 0.1) is 0 Å². The second kappa shape index (κ2) is 3.67. The van der Waals surface area contributed by atoms with Crippen LogP contribution >= 0.6 is 0 Å². The van der Waals surface area contributed by atoms with E-state index in [2.05, 4.69) is 13.0 Å². The number of allylic oxidation sites excluding steroid dienone is 1. The zero-order valence-corrected chi connectivity index (χ0v) is 6.57. The van der Waals surface area contributed by atoms with Gasteiger partial charge in [-0.2, -0.15) is 0 Å². The molecular formula is C8H16N. The molecule has 1 N–H and O–H groups in total. The average Bonchev–Trinajstić information content (AvgIpc) is 1.63. The number of hydrogen-bond acceptors (Lipinski definition) is 0. The summed E-state index contributed by atoms with van der Waals surface area (Å²) in [6, 6.07) is 0. The van der Waals surface area contributed by atoms with E-state index >= 15 is 0 Å². The summed E-state index contributed by atoms with van der Waals surface area (Å²) in [5.74, 6) is 0. The van der Waals surface area contributed by atoms with Gasteiger partial charge in [0.05, 0.1) is 0 Å². The van der Waals surface area contributed by atoms with Crippen molar-refractivity contribution in [1.82, 2.24) is 5.73 Å². The van der Waals surface area contributed by atoms with Gasteiger partial charge in [0.25, 0.3) is 0 Å². The Morgan fingerprint density at radius 3 is 2.33 bits per heavy atom. The van der Waals surface area contributed by atoms with Crippen molar-refractivity contribution in [2.45, 2.75) is 39.2 Å². The second-order valence-corrected chi connectivity index (χ2v) is 2.91. The van der Waals surface area contributed by atoms with Gasteiger partial charge in [0.2, 0.25) is 0 Å². The van der Waals surface area contributed by atoms with Crippen LogP contribution in [0.25, 0.3) is 0 Å². The molecule has 0 atom stereocenters. The first kappa shape index (κ1) is 8.70. The SMILES string of the molecule is CCCC=CC(C)(C)[NH]. The van der Waals surface area contributed by atoms with Crippen molar-refractivity contribution in [3.63, 3.8) is 0 Å². The minimum absolute atomic E-state index is 0.380. The van der Waals surface area contributed by atoms with Crippen molar-refractivity contribution in [2.75, 3.05) is 0 Å². The van der Waals surface area contributed by atoms with Crippen LogP contribution in [0.1, 0.15) is 33.6 Å². The molecule has 53 valence electrons. The van der Waals surface area contributed by atoms with Gasteiger partial charge in [-0.15, -0.1) is 0 Å². The van der Waals surface area contributed by atoms with Crippen LogP contribution in [-0.2, 0) is 0 Å². The van der Waals surface area contributed by atoms with E-state index in [-0.39, 0.29) is 5.54 Å². The molecule has 1 heteroatoms. The molecular weight excluding hydrogens is 110 g/mol. The molecule has 0 amide bonds. The Hall–Kier alpha value is -0.300. The summed E-state index contributed by atoms with van der Waals surface area (Å²) in [7, 11) is 0. The molecule has 0 unspecified atom stereocenters. The van der Waals surface area contributed by atoms with Crippen LogP contribution in [0.2, 0.25) is 0 Å². The van der Waals surface area contributed by atoms with Crippen LogP contribution in [0.3, 0.4) is 0 Å². The molecule has 1 nitrogen and oxygen atoms in total. The van der Waals surface area contributed by atoms with E-state index in [1.54, 1.807) is 0 Å². The highest BCUT2D eigenvalue weighted by molar-refractivity contribution is 4.97. The summed E-state index contributed by atoms with van der Waals surface area (Å²) in [6.45, 7) is 5.92. The summed E-state index contributed by atoms with van der Waals surface area (Å²) in [4.78, 5) is 0. The Kier molecular flexibility index (Phi) is 3.55. The van der Waals surface area contributed by atoms with Gasteiger partial charge in [-0.1, -0.05) is 25.5 Å².